The number of thioether (sulfide) groups is 1. The Morgan fingerprint density at radius 1 is 1.21 bits per heavy atom. The summed E-state index contributed by atoms with van der Waals surface area (Å²) in [5.74, 6) is -0.116. The average Bonchev–Trinajstić information content (AvgIpc) is 2.70. The number of nitrogens with one attached hydrogen (secondary N) is 1. The smallest absolute Gasteiger partial charge is 0.338 e. The molecule has 1 N–H and O–H groups in total. The SMILES string of the molecule is CCCOc1c(Br)cc(C(=O)OCC(=O)Nc2cccc(SC)c2)cc1OC. The van der Waals surface area contributed by atoms with E-state index in [1.54, 1.807) is 23.9 Å². The van der Waals surface area contributed by atoms with Crippen molar-refractivity contribution < 1.29 is 23.8 Å². The topological polar surface area (TPSA) is 73.9 Å². The molecule has 0 atom stereocenters. The van der Waals surface area contributed by atoms with Crippen LogP contribution in [0.15, 0.2) is 45.8 Å². The first-order chi connectivity index (χ1) is 13.5. The summed E-state index contributed by atoms with van der Waals surface area (Å²) in [6, 6.07) is 10.5. The molecule has 0 aromatic heterocycles. The van der Waals surface area contributed by atoms with Crippen molar-refractivity contribution in [2.24, 2.45) is 0 Å². The van der Waals surface area contributed by atoms with Crippen LogP contribution in [0.2, 0.25) is 0 Å². The number of halogens is 1. The number of carbonyl (C=O) groups excluding carboxylic acids is 2. The van der Waals surface area contributed by atoms with Crippen molar-refractivity contribution in [3.63, 3.8) is 0 Å². The minimum Gasteiger partial charge on any atom is -0.493 e. The number of hydrogen-bond donors (Lipinski definition) is 1. The summed E-state index contributed by atoms with van der Waals surface area (Å²) in [6.45, 7) is 2.13. The zero-order valence-corrected chi connectivity index (χ0v) is 18.3. The predicted octanol–water partition coefficient (Wildman–Crippen LogP) is 4.76. The van der Waals surface area contributed by atoms with E-state index in [4.69, 9.17) is 14.2 Å². The second-order valence-electron chi connectivity index (χ2n) is 5.69. The van der Waals surface area contributed by atoms with Gasteiger partial charge < -0.3 is 19.5 Å². The number of rotatable bonds is 9. The number of anilines is 1. The van der Waals surface area contributed by atoms with Crippen LogP contribution in [0.25, 0.3) is 0 Å². The van der Waals surface area contributed by atoms with Crippen LogP contribution < -0.4 is 14.8 Å². The van der Waals surface area contributed by atoms with Gasteiger partial charge in [0.25, 0.3) is 5.91 Å². The molecule has 0 saturated carbocycles. The number of methoxy groups -OCH3 is 1. The third-order valence-electron chi connectivity index (χ3n) is 3.60. The lowest BCUT2D eigenvalue weighted by Gasteiger charge is -2.13. The van der Waals surface area contributed by atoms with Gasteiger partial charge >= 0.3 is 5.97 Å². The minimum atomic E-state index is -0.631. The van der Waals surface area contributed by atoms with Crippen LogP contribution in [0.3, 0.4) is 0 Å². The molecule has 28 heavy (non-hydrogen) atoms. The molecule has 0 heterocycles. The molecule has 0 aliphatic heterocycles. The van der Waals surface area contributed by atoms with Crippen LogP contribution in [-0.4, -0.2) is 38.5 Å². The van der Waals surface area contributed by atoms with Crippen LogP contribution in [0.5, 0.6) is 11.5 Å². The Bertz CT molecular complexity index is 843. The van der Waals surface area contributed by atoms with E-state index in [0.29, 0.717) is 28.3 Å². The summed E-state index contributed by atoms with van der Waals surface area (Å²) in [6.07, 6.45) is 2.79. The molecule has 0 aliphatic carbocycles. The highest BCUT2D eigenvalue weighted by atomic mass is 79.9. The van der Waals surface area contributed by atoms with Crippen molar-refractivity contribution in [3.05, 3.63) is 46.4 Å². The molecule has 0 spiro atoms. The number of esters is 1. The van der Waals surface area contributed by atoms with Gasteiger partial charge in [0.05, 0.1) is 23.8 Å². The molecule has 2 aromatic rings. The largest absolute Gasteiger partial charge is 0.493 e. The maximum atomic E-state index is 12.3. The van der Waals surface area contributed by atoms with Gasteiger partial charge in [0.2, 0.25) is 0 Å². The minimum absolute atomic E-state index is 0.254. The lowest BCUT2D eigenvalue weighted by Crippen LogP contribution is -2.21. The molecule has 1 amide bonds. The van der Waals surface area contributed by atoms with E-state index in [1.165, 1.54) is 13.2 Å². The number of carbonyl (C=O) groups is 2. The number of hydrogen-bond acceptors (Lipinski definition) is 6. The molecule has 6 nitrogen and oxygen atoms in total. The van der Waals surface area contributed by atoms with Crippen molar-refractivity contribution in [3.8, 4) is 11.5 Å². The highest BCUT2D eigenvalue weighted by Crippen LogP contribution is 2.37. The number of benzene rings is 2. The van der Waals surface area contributed by atoms with Gasteiger partial charge in [-0.25, -0.2) is 4.79 Å². The fourth-order valence-electron chi connectivity index (χ4n) is 2.29. The van der Waals surface area contributed by atoms with E-state index in [0.717, 1.165) is 11.3 Å². The molecule has 2 aromatic carbocycles. The number of amides is 1. The first-order valence-corrected chi connectivity index (χ1v) is 10.6. The molecule has 150 valence electrons. The van der Waals surface area contributed by atoms with Crippen molar-refractivity contribution >= 4 is 45.3 Å². The van der Waals surface area contributed by atoms with Gasteiger partial charge in [0.1, 0.15) is 0 Å². The van der Waals surface area contributed by atoms with E-state index in [9.17, 15) is 9.59 Å². The predicted molar refractivity (Wildman–Crippen MR) is 114 cm³/mol. The Labute approximate surface area is 177 Å². The van der Waals surface area contributed by atoms with E-state index in [1.807, 2.05) is 31.4 Å². The average molecular weight is 468 g/mol. The Hall–Kier alpha value is -2.19. The van der Waals surface area contributed by atoms with Crippen LogP contribution in [0.1, 0.15) is 23.7 Å². The van der Waals surface area contributed by atoms with E-state index in [2.05, 4.69) is 21.2 Å². The van der Waals surface area contributed by atoms with E-state index < -0.39 is 18.5 Å². The van der Waals surface area contributed by atoms with Gasteiger partial charge in [0.15, 0.2) is 18.1 Å². The van der Waals surface area contributed by atoms with Gasteiger partial charge in [-0.15, -0.1) is 11.8 Å². The van der Waals surface area contributed by atoms with E-state index in [-0.39, 0.29) is 5.56 Å². The fourth-order valence-corrected chi connectivity index (χ4v) is 3.31. The highest BCUT2D eigenvalue weighted by Gasteiger charge is 2.17. The van der Waals surface area contributed by atoms with Crippen LogP contribution in [-0.2, 0) is 9.53 Å². The van der Waals surface area contributed by atoms with Gasteiger partial charge in [-0.05, 0) is 58.9 Å². The van der Waals surface area contributed by atoms with E-state index >= 15 is 0 Å². The summed E-state index contributed by atoms with van der Waals surface area (Å²) >= 11 is 4.95. The van der Waals surface area contributed by atoms with Gasteiger partial charge in [0, 0.05) is 10.6 Å². The standard InChI is InChI=1S/C20H22BrNO5S/c1-4-8-26-19-16(21)9-13(10-17(19)25-2)20(24)27-12-18(23)22-14-6-5-7-15(11-14)28-3/h5-7,9-11H,4,8,12H2,1-3H3,(H,22,23). The Balaban J connectivity index is 2.00. The van der Waals surface area contributed by atoms with Crippen molar-refractivity contribution in [2.45, 2.75) is 18.2 Å². The third kappa shape index (κ3) is 6.17. The van der Waals surface area contributed by atoms with Crippen LogP contribution in [0.4, 0.5) is 5.69 Å². The first kappa shape index (κ1) is 22.1. The maximum Gasteiger partial charge on any atom is 0.338 e. The summed E-state index contributed by atoms with van der Waals surface area (Å²) < 4.78 is 16.6. The van der Waals surface area contributed by atoms with Gasteiger partial charge in [-0.2, -0.15) is 0 Å². The lowest BCUT2D eigenvalue weighted by atomic mass is 10.2. The second kappa shape index (κ2) is 11.0. The molecule has 0 aliphatic rings. The zero-order valence-electron chi connectivity index (χ0n) is 15.9. The fraction of sp³-hybridized carbons (Fsp3) is 0.300. The van der Waals surface area contributed by atoms with Crippen LogP contribution >= 0.6 is 27.7 Å². The quantitative estimate of drug-likeness (QED) is 0.423. The Kier molecular flexibility index (Phi) is 8.66. The molecule has 0 fully saturated rings. The monoisotopic (exact) mass is 467 g/mol. The van der Waals surface area contributed by atoms with Crippen molar-refractivity contribution in [1.29, 1.82) is 0 Å². The molecule has 2 rings (SSSR count). The van der Waals surface area contributed by atoms with Gasteiger partial charge in [-0.3, -0.25) is 4.79 Å². The molecular weight excluding hydrogens is 446 g/mol. The summed E-state index contributed by atoms with van der Waals surface area (Å²) in [7, 11) is 1.49. The highest BCUT2D eigenvalue weighted by molar-refractivity contribution is 9.10. The molecule has 8 heteroatoms. The van der Waals surface area contributed by atoms with Crippen molar-refractivity contribution in [2.75, 3.05) is 31.9 Å². The first-order valence-electron chi connectivity index (χ1n) is 8.59. The normalized spacial score (nSPS) is 10.3. The molecule has 0 bridgehead atoms. The summed E-state index contributed by atoms with van der Waals surface area (Å²) in [5, 5.41) is 2.71. The Morgan fingerprint density at radius 2 is 2.00 bits per heavy atom. The van der Waals surface area contributed by atoms with Crippen LogP contribution in [0, 0.1) is 0 Å². The van der Waals surface area contributed by atoms with Crippen molar-refractivity contribution in [1.82, 2.24) is 0 Å². The summed E-state index contributed by atoms with van der Waals surface area (Å²) in [5.41, 5.74) is 0.902. The molecular formula is C20H22BrNO5S. The number of ether oxygens (including phenoxy) is 3. The Morgan fingerprint density at radius 3 is 2.68 bits per heavy atom. The molecule has 0 radical (unpaired) electrons. The molecule has 0 saturated heterocycles. The molecule has 0 unspecified atom stereocenters. The third-order valence-corrected chi connectivity index (χ3v) is 4.92. The summed E-state index contributed by atoms with van der Waals surface area (Å²) in [4.78, 5) is 25.4. The zero-order chi connectivity index (χ0) is 20.5. The second-order valence-corrected chi connectivity index (χ2v) is 7.43. The maximum absolute atomic E-state index is 12.3. The van der Waals surface area contributed by atoms with Gasteiger partial charge in [-0.1, -0.05) is 13.0 Å². The lowest BCUT2D eigenvalue weighted by molar-refractivity contribution is -0.119.